The molecule has 0 fully saturated rings. The molecule has 1 unspecified atom stereocenters. The Morgan fingerprint density at radius 2 is 1.00 bits per heavy atom. The van der Waals surface area contributed by atoms with Crippen LogP contribution < -0.4 is 0 Å². The fourth-order valence-electron chi connectivity index (χ4n) is 4.37. The Balaban J connectivity index is 4.00. The van der Waals surface area contributed by atoms with Gasteiger partial charge in [0.15, 0.2) is 0 Å². The van der Waals surface area contributed by atoms with E-state index in [0.717, 1.165) is 18.8 Å². The molecule has 0 spiro atoms. The summed E-state index contributed by atoms with van der Waals surface area (Å²) in [6.07, 6.45) is 26.8. The molecular formula is C29H58O2. The summed E-state index contributed by atoms with van der Waals surface area (Å²) in [6, 6.07) is 0. The molecule has 0 N–H and O–H groups in total. The van der Waals surface area contributed by atoms with Crippen LogP contribution in [-0.4, -0.2) is 12.6 Å². The first-order chi connectivity index (χ1) is 15.1. The molecule has 0 amide bonds. The number of hydrogen-bond donors (Lipinski definition) is 0. The number of carbonyl (C=O) groups excluding carboxylic acids is 1. The summed E-state index contributed by atoms with van der Waals surface area (Å²) in [4.78, 5) is 12.2. The minimum Gasteiger partial charge on any atom is -0.465 e. The monoisotopic (exact) mass is 438 g/mol. The van der Waals surface area contributed by atoms with E-state index in [1.54, 1.807) is 0 Å². The molecule has 0 bridgehead atoms. The van der Waals surface area contributed by atoms with E-state index in [1.807, 2.05) is 0 Å². The largest absolute Gasteiger partial charge is 0.465 e. The number of unbranched alkanes of at least 4 members (excludes halogenated alkanes) is 14. The Bertz CT molecular complexity index is 364. The normalized spacial score (nSPS) is 12.4. The fraction of sp³-hybridized carbons (Fsp3) is 0.966. The molecule has 1 atom stereocenters. The maximum absolute atomic E-state index is 12.2. The third-order valence-electron chi connectivity index (χ3n) is 6.57. The van der Waals surface area contributed by atoms with E-state index in [0.29, 0.717) is 18.9 Å². The molecule has 0 rings (SSSR count). The van der Waals surface area contributed by atoms with Crippen LogP contribution in [-0.2, 0) is 9.53 Å². The summed E-state index contributed by atoms with van der Waals surface area (Å²) in [5.41, 5.74) is 0. The summed E-state index contributed by atoms with van der Waals surface area (Å²) in [5.74, 6) is 1.38. The maximum Gasteiger partial charge on any atom is 0.305 e. The van der Waals surface area contributed by atoms with Crippen LogP contribution in [0, 0.1) is 11.8 Å². The van der Waals surface area contributed by atoms with Crippen LogP contribution in [0.5, 0.6) is 0 Å². The third kappa shape index (κ3) is 24.0. The standard InChI is InChI=1S/C29H58O2/c1-5-7-9-11-13-14-16-20-24-28(23-19-15-12-10-8-6-2)26-31-29(30)25-21-17-18-22-27(3)4/h27-28H,5-26H2,1-4H3. The zero-order chi connectivity index (χ0) is 23.0. The van der Waals surface area contributed by atoms with E-state index in [-0.39, 0.29) is 5.97 Å². The Morgan fingerprint density at radius 1 is 0.581 bits per heavy atom. The number of ether oxygens (including phenoxy) is 1. The van der Waals surface area contributed by atoms with Gasteiger partial charge in [-0.2, -0.15) is 0 Å². The van der Waals surface area contributed by atoms with Gasteiger partial charge >= 0.3 is 5.97 Å². The van der Waals surface area contributed by atoms with Gasteiger partial charge in [0.1, 0.15) is 0 Å². The van der Waals surface area contributed by atoms with Gasteiger partial charge in [0.2, 0.25) is 0 Å². The van der Waals surface area contributed by atoms with E-state index in [4.69, 9.17) is 4.74 Å². The fourth-order valence-corrected chi connectivity index (χ4v) is 4.37. The minimum atomic E-state index is 0.0356. The van der Waals surface area contributed by atoms with Crippen LogP contribution in [0.25, 0.3) is 0 Å². The Hall–Kier alpha value is -0.530. The molecule has 2 nitrogen and oxygen atoms in total. The minimum absolute atomic E-state index is 0.0356. The second-order valence-electron chi connectivity index (χ2n) is 10.4. The second kappa shape index (κ2) is 24.1. The molecule has 2 heteroatoms. The lowest BCUT2D eigenvalue weighted by atomic mass is 9.94. The average Bonchev–Trinajstić information content (AvgIpc) is 2.75. The molecule has 0 radical (unpaired) electrons. The summed E-state index contributed by atoms with van der Waals surface area (Å²) in [6.45, 7) is 9.76. The highest BCUT2D eigenvalue weighted by atomic mass is 16.5. The van der Waals surface area contributed by atoms with Crippen molar-refractivity contribution in [1.29, 1.82) is 0 Å². The first-order valence-corrected chi connectivity index (χ1v) is 14.3. The molecule has 186 valence electrons. The van der Waals surface area contributed by atoms with Crippen molar-refractivity contribution >= 4 is 5.97 Å². The van der Waals surface area contributed by atoms with Gasteiger partial charge in [-0.25, -0.2) is 0 Å². The number of hydrogen-bond acceptors (Lipinski definition) is 2. The molecule has 0 aliphatic carbocycles. The highest BCUT2D eigenvalue weighted by molar-refractivity contribution is 5.69. The van der Waals surface area contributed by atoms with Gasteiger partial charge in [-0.1, -0.05) is 137 Å². The average molecular weight is 439 g/mol. The van der Waals surface area contributed by atoms with Gasteiger partial charge in [-0.15, -0.1) is 0 Å². The second-order valence-corrected chi connectivity index (χ2v) is 10.4. The van der Waals surface area contributed by atoms with Gasteiger partial charge in [0.25, 0.3) is 0 Å². The van der Waals surface area contributed by atoms with Crippen LogP contribution in [0.15, 0.2) is 0 Å². The lowest BCUT2D eigenvalue weighted by Crippen LogP contribution is -2.14. The predicted octanol–water partition coefficient (Wildman–Crippen LogP) is 10.0. The van der Waals surface area contributed by atoms with Gasteiger partial charge < -0.3 is 4.74 Å². The first kappa shape index (κ1) is 30.5. The lowest BCUT2D eigenvalue weighted by Gasteiger charge is -2.17. The molecule has 31 heavy (non-hydrogen) atoms. The summed E-state index contributed by atoms with van der Waals surface area (Å²) >= 11 is 0. The maximum atomic E-state index is 12.2. The van der Waals surface area contributed by atoms with Gasteiger partial charge in [0, 0.05) is 6.42 Å². The van der Waals surface area contributed by atoms with Crippen molar-refractivity contribution in [2.45, 2.75) is 163 Å². The summed E-state index contributed by atoms with van der Waals surface area (Å²) in [7, 11) is 0. The van der Waals surface area contributed by atoms with E-state index >= 15 is 0 Å². The van der Waals surface area contributed by atoms with Crippen molar-refractivity contribution in [1.82, 2.24) is 0 Å². The lowest BCUT2D eigenvalue weighted by molar-refractivity contribution is -0.145. The molecule has 0 aromatic rings. The molecule has 0 saturated carbocycles. The van der Waals surface area contributed by atoms with Crippen LogP contribution in [0.4, 0.5) is 0 Å². The van der Waals surface area contributed by atoms with Gasteiger partial charge in [0.05, 0.1) is 6.61 Å². The van der Waals surface area contributed by atoms with Crippen LogP contribution in [0.2, 0.25) is 0 Å². The van der Waals surface area contributed by atoms with Crippen molar-refractivity contribution in [2.75, 3.05) is 6.61 Å². The van der Waals surface area contributed by atoms with Crippen molar-refractivity contribution < 1.29 is 9.53 Å². The van der Waals surface area contributed by atoms with E-state index in [9.17, 15) is 4.79 Å². The van der Waals surface area contributed by atoms with E-state index in [1.165, 1.54) is 116 Å². The third-order valence-corrected chi connectivity index (χ3v) is 6.57. The molecule has 0 aliphatic heterocycles. The van der Waals surface area contributed by atoms with Crippen LogP contribution in [0.1, 0.15) is 163 Å². The molecule has 0 heterocycles. The van der Waals surface area contributed by atoms with Crippen molar-refractivity contribution in [3.63, 3.8) is 0 Å². The SMILES string of the molecule is CCCCCCCCCCC(CCCCCCCC)COC(=O)CCCCCC(C)C. The molecular weight excluding hydrogens is 380 g/mol. The van der Waals surface area contributed by atoms with Crippen molar-refractivity contribution in [3.05, 3.63) is 0 Å². The smallest absolute Gasteiger partial charge is 0.305 e. The zero-order valence-corrected chi connectivity index (χ0v) is 22.0. The van der Waals surface area contributed by atoms with Crippen molar-refractivity contribution in [2.24, 2.45) is 11.8 Å². The summed E-state index contributed by atoms with van der Waals surface area (Å²) < 4.78 is 5.71. The van der Waals surface area contributed by atoms with Crippen molar-refractivity contribution in [3.8, 4) is 0 Å². The molecule has 0 aromatic heterocycles. The Morgan fingerprint density at radius 3 is 1.48 bits per heavy atom. The van der Waals surface area contributed by atoms with E-state index in [2.05, 4.69) is 27.7 Å². The van der Waals surface area contributed by atoms with Gasteiger partial charge in [-0.3, -0.25) is 4.79 Å². The topological polar surface area (TPSA) is 26.3 Å². The quantitative estimate of drug-likeness (QED) is 0.111. The Kier molecular flexibility index (Phi) is 23.7. The number of carbonyl (C=O) groups is 1. The zero-order valence-electron chi connectivity index (χ0n) is 22.0. The summed E-state index contributed by atoms with van der Waals surface area (Å²) in [5, 5.41) is 0. The van der Waals surface area contributed by atoms with Crippen LogP contribution in [0.3, 0.4) is 0 Å². The Labute approximate surface area is 196 Å². The molecule has 0 saturated heterocycles. The number of esters is 1. The predicted molar refractivity (Wildman–Crippen MR) is 138 cm³/mol. The first-order valence-electron chi connectivity index (χ1n) is 14.3. The van der Waals surface area contributed by atoms with E-state index < -0.39 is 0 Å². The highest BCUT2D eigenvalue weighted by Crippen LogP contribution is 2.20. The van der Waals surface area contributed by atoms with Gasteiger partial charge in [-0.05, 0) is 31.1 Å². The molecule has 0 aromatic carbocycles. The number of rotatable bonds is 24. The molecule has 0 aliphatic rings. The highest BCUT2D eigenvalue weighted by Gasteiger charge is 2.12. The van der Waals surface area contributed by atoms with Crippen LogP contribution >= 0.6 is 0 Å².